The van der Waals surface area contributed by atoms with Crippen molar-refractivity contribution in [3.05, 3.63) is 23.2 Å². The maximum atomic E-state index is 6.75. The van der Waals surface area contributed by atoms with Crippen molar-refractivity contribution in [2.24, 2.45) is 0 Å². The summed E-state index contributed by atoms with van der Waals surface area (Å²) in [4.78, 5) is 5.22. The summed E-state index contributed by atoms with van der Waals surface area (Å²) in [5, 5.41) is 0.696. The van der Waals surface area contributed by atoms with Crippen LogP contribution in [0.2, 0.25) is 21.6 Å². The normalized spacial score (nSPS) is 23.6. The Balaban J connectivity index is 1.67. The predicted octanol–water partition coefficient (Wildman–Crippen LogP) is 7.75. The minimum Gasteiger partial charge on any atom is -0.490 e. The minimum atomic E-state index is -1.87. The van der Waals surface area contributed by atoms with Crippen molar-refractivity contribution in [3.63, 3.8) is 0 Å². The third-order valence-corrected chi connectivity index (χ3v) is 15.2. The van der Waals surface area contributed by atoms with Crippen LogP contribution in [-0.2, 0) is 4.43 Å². The number of fused-ring (bicyclic) bond motifs is 1. The second kappa shape index (κ2) is 11.1. The van der Waals surface area contributed by atoms with E-state index < -0.39 is 8.32 Å². The number of hydrogen-bond acceptors (Lipinski definition) is 4. The molecule has 194 valence electrons. The molecule has 1 aromatic rings. The van der Waals surface area contributed by atoms with Crippen LogP contribution >= 0.6 is 11.6 Å². The molecule has 2 atom stereocenters. The number of anilines is 1. The van der Waals surface area contributed by atoms with Gasteiger partial charge in [0.15, 0.2) is 8.32 Å². The van der Waals surface area contributed by atoms with Gasteiger partial charge in [0, 0.05) is 29.9 Å². The van der Waals surface area contributed by atoms with E-state index >= 15 is 0 Å². The summed E-state index contributed by atoms with van der Waals surface area (Å²) >= 11 is 6.75. The van der Waals surface area contributed by atoms with Gasteiger partial charge in [-0.2, -0.15) is 0 Å². The average Bonchev–Trinajstić information content (AvgIpc) is 2.76. The maximum absolute atomic E-state index is 6.75. The molecule has 1 saturated carbocycles. The van der Waals surface area contributed by atoms with Gasteiger partial charge in [0.2, 0.25) is 0 Å². The van der Waals surface area contributed by atoms with E-state index in [0.717, 1.165) is 12.3 Å². The lowest BCUT2D eigenvalue weighted by molar-refractivity contribution is 0.0337. The number of nitrogens with zero attached hydrogens (tertiary/aromatic N) is 2. The van der Waals surface area contributed by atoms with Crippen LogP contribution < -0.4 is 9.64 Å². The van der Waals surface area contributed by atoms with Gasteiger partial charge in [-0.25, -0.2) is 0 Å². The summed E-state index contributed by atoms with van der Waals surface area (Å²) in [6.45, 7) is 20.8. The monoisotopic (exact) mass is 508 g/mol. The summed E-state index contributed by atoms with van der Waals surface area (Å²) in [5.41, 5.74) is 3.08. The number of halogens is 1. The van der Waals surface area contributed by atoms with Crippen LogP contribution in [0.4, 0.5) is 5.69 Å². The Bertz CT molecular complexity index is 792. The molecule has 6 heteroatoms. The molecular formula is C28H49ClN2O2Si. The Labute approximate surface area is 215 Å². The van der Waals surface area contributed by atoms with E-state index in [1.54, 1.807) is 0 Å². The molecule has 1 aromatic carbocycles. The van der Waals surface area contributed by atoms with E-state index in [2.05, 4.69) is 90.4 Å². The van der Waals surface area contributed by atoms with Gasteiger partial charge in [-0.1, -0.05) is 66.0 Å². The van der Waals surface area contributed by atoms with E-state index in [-0.39, 0.29) is 5.54 Å². The molecule has 0 spiro atoms. The molecule has 2 unspecified atom stereocenters. The van der Waals surface area contributed by atoms with Crippen molar-refractivity contribution < 1.29 is 9.16 Å². The highest BCUT2D eigenvalue weighted by molar-refractivity contribution is 6.77. The van der Waals surface area contributed by atoms with Gasteiger partial charge in [-0.15, -0.1) is 0 Å². The summed E-state index contributed by atoms with van der Waals surface area (Å²) in [7, 11) is 0.437. The molecule has 1 aliphatic carbocycles. The Morgan fingerprint density at radius 2 is 1.56 bits per heavy atom. The van der Waals surface area contributed by atoms with Crippen LogP contribution in [0.15, 0.2) is 18.2 Å². The van der Waals surface area contributed by atoms with Gasteiger partial charge in [0.1, 0.15) is 12.4 Å². The highest BCUT2D eigenvalue weighted by Gasteiger charge is 2.46. The van der Waals surface area contributed by atoms with Gasteiger partial charge in [0.05, 0.1) is 11.6 Å². The maximum Gasteiger partial charge on any atom is 0.200 e. The molecule has 1 aliphatic heterocycles. The summed E-state index contributed by atoms with van der Waals surface area (Å²) in [6.07, 6.45) is 5.18. The second-order valence-electron chi connectivity index (χ2n) is 12.1. The smallest absolute Gasteiger partial charge is 0.200 e. The van der Waals surface area contributed by atoms with Gasteiger partial charge in [-0.05, 0) is 68.6 Å². The van der Waals surface area contributed by atoms with Gasteiger partial charge < -0.3 is 14.1 Å². The average molecular weight is 509 g/mol. The number of likely N-dealkylation sites (N-methyl/N-ethyl adjacent to an activating group) is 1. The third-order valence-electron chi connectivity index (χ3n) is 8.75. The first-order valence-corrected chi connectivity index (χ1v) is 16.0. The molecule has 0 amide bonds. The number of benzene rings is 1. The summed E-state index contributed by atoms with van der Waals surface area (Å²) in [5.74, 6) is 0.758. The molecule has 34 heavy (non-hydrogen) atoms. The zero-order valence-corrected chi connectivity index (χ0v) is 24.9. The standard InChI is InChI=1S/C28H49ClN2O2Si/c1-20(2)34(21(3)4,22(5)6)33-17-16-32-27-15-14-23(18-24(27)29)31-19-28(7,8)30(9)25-12-10-11-13-26(25)31/h14-15,18,20-22,25-26H,10-13,16-17,19H2,1-9H3. The fourth-order valence-electron chi connectivity index (χ4n) is 6.94. The molecule has 0 aromatic heterocycles. The van der Waals surface area contributed by atoms with E-state index in [4.69, 9.17) is 20.8 Å². The van der Waals surface area contributed by atoms with E-state index in [0.29, 0.717) is 46.9 Å². The molecule has 1 saturated heterocycles. The van der Waals surface area contributed by atoms with Gasteiger partial charge in [-0.3, -0.25) is 4.90 Å². The quantitative estimate of drug-likeness (QED) is 0.251. The third kappa shape index (κ3) is 5.48. The van der Waals surface area contributed by atoms with Crippen molar-refractivity contribution in [1.29, 1.82) is 0 Å². The van der Waals surface area contributed by atoms with Crippen molar-refractivity contribution >= 4 is 25.6 Å². The van der Waals surface area contributed by atoms with Crippen molar-refractivity contribution in [2.45, 2.75) is 115 Å². The number of piperazine rings is 1. The lowest BCUT2D eigenvalue weighted by Gasteiger charge is -2.57. The fourth-order valence-corrected chi connectivity index (χ4v) is 12.6. The molecule has 0 N–H and O–H groups in total. The van der Waals surface area contributed by atoms with Crippen molar-refractivity contribution in [3.8, 4) is 5.75 Å². The summed E-state index contributed by atoms with van der Waals surface area (Å²) in [6, 6.07) is 7.53. The topological polar surface area (TPSA) is 24.9 Å². The van der Waals surface area contributed by atoms with Crippen molar-refractivity contribution in [1.82, 2.24) is 4.90 Å². The number of hydrogen-bond donors (Lipinski definition) is 0. The van der Waals surface area contributed by atoms with Crippen molar-refractivity contribution in [2.75, 3.05) is 31.7 Å². The van der Waals surface area contributed by atoms with Crippen LogP contribution in [-0.4, -0.2) is 57.6 Å². The lowest BCUT2D eigenvalue weighted by Crippen LogP contribution is -2.67. The lowest BCUT2D eigenvalue weighted by atomic mass is 9.81. The first kappa shape index (κ1) is 27.8. The van der Waals surface area contributed by atoms with Gasteiger partial charge >= 0.3 is 0 Å². The van der Waals surface area contributed by atoms with Gasteiger partial charge in [0.25, 0.3) is 0 Å². The molecule has 2 fully saturated rings. The predicted molar refractivity (Wildman–Crippen MR) is 149 cm³/mol. The Kier molecular flexibility index (Phi) is 9.09. The molecule has 3 rings (SSSR count). The number of rotatable bonds is 9. The van der Waals surface area contributed by atoms with Crippen LogP contribution in [0, 0.1) is 0 Å². The second-order valence-corrected chi connectivity index (χ2v) is 18.0. The Morgan fingerprint density at radius 1 is 0.971 bits per heavy atom. The zero-order chi connectivity index (χ0) is 25.3. The van der Waals surface area contributed by atoms with E-state index in [1.807, 2.05) is 0 Å². The highest BCUT2D eigenvalue weighted by atomic mass is 35.5. The fraction of sp³-hybridized carbons (Fsp3) is 0.786. The van der Waals surface area contributed by atoms with E-state index in [9.17, 15) is 0 Å². The first-order valence-electron chi connectivity index (χ1n) is 13.5. The highest BCUT2D eigenvalue weighted by Crippen LogP contribution is 2.43. The molecule has 1 heterocycles. The van der Waals surface area contributed by atoms with E-state index in [1.165, 1.54) is 31.4 Å². The Hall–Kier alpha value is -0.753. The van der Waals surface area contributed by atoms with Crippen LogP contribution in [0.25, 0.3) is 0 Å². The molecule has 2 aliphatic rings. The number of ether oxygens (including phenoxy) is 1. The molecule has 0 bridgehead atoms. The van der Waals surface area contributed by atoms with Crippen LogP contribution in [0.3, 0.4) is 0 Å². The zero-order valence-electron chi connectivity index (χ0n) is 23.2. The summed E-state index contributed by atoms with van der Waals surface area (Å²) < 4.78 is 12.8. The van der Waals surface area contributed by atoms with Crippen LogP contribution in [0.1, 0.15) is 81.1 Å². The molecular weight excluding hydrogens is 460 g/mol. The SMILES string of the molecule is CC(C)[Si](OCCOc1ccc(N2CC(C)(C)N(C)C3CCCCC32)cc1Cl)(C(C)C)C(C)C. The minimum absolute atomic E-state index is 0.136. The first-order chi connectivity index (χ1) is 15.9. The Morgan fingerprint density at radius 3 is 2.12 bits per heavy atom. The van der Waals surface area contributed by atoms with Crippen LogP contribution in [0.5, 0.6) is 5.75 Å². The molecule has 4 nitrogen and oxygen atoms in total. The largest absolute Gasteiger partial charge is 0.490 e. The molecule has 0 radical (unpaired) electrons.